The lowest BCUT2D eigenvalue weighted by molar-refractivity contribution is -0.121. The van der Waals surface area contributed by atoms with E-state index in [4.69, 9.17) is 4.74 Å². The SMILES string of the molecule is Cc1cccc(OCCC(=O)NCc2ccccc2C)c1. The van der Waals surface area contributed by atoms with Gasteiger partial charge < -0.3 is 10.1 Å². The molecule has 0 fully saturated rings. The van der Waals surface area contributed by atoms with E-state index in [2.05, 4.69) is 5.32 Å². The number of hydrogen-bond acceptors (Lipinski definition) is 2. The van der Waals surface area contributed by atoms with Gasteiger partial charge in [-0.05, 0) is 42.7 Å². The van der Waals surface area contributed by atoms with Gasteiger partial charge in [0.15, 0.2) is 0 Å². The number of carbonyl (C=O) groups excluding carboxylic acids is 1. The van der Waals surface area contributed by atoms with Crippen molar-refractivity contribution in [2.45, 2.75) is 26.8 Å². The minimum Gasteiger partial charge on any atom is -0.493 e. The normalized spacial score (nSPS) is 10.2. The number of ether oxygens (including phenoxy) is 1. The summed E-state index contributed by atoms with van der Waals surface area (Å²) in [6.45, 7) is 5.02. The molecule has 0 unspecified atom stereocenters. The molecule has 0 saturated heterocycles. The zero-order chi connectivity index (χ0) is 15.1. The molecule has 0 aliphatic carbocycles. The minimum atomic E-state index is 0.00547. The second-order valence-corrected chi connectivity index (χ2v) is 5.12. The number of amides is 1. The van der Waals surface area contributed by atoms with Crippen LogP contribution in [0.4, 0.5) is 0 Å². The average molecular weight is 283 g/mol. The molecule has 0 saturated carbocycles. The van der Waals surface area contributed by atoms with E-state index in [0.29, 0.717) is 19.6 Å². The monoisotopic (exact) mass is 283 g/mol. The van der Waals surface area contributed by atoms with Crippen LogP contribution >= 0.6 is 0 Å². The van der Waals surface area contributed by atoms with Gasteiger partial charge in [0.1, 0.15) is 5.75 Å². The Morgan fingerprint density at radius 2 is 1.90 bits per heavy atom. The van der Waals surface area contributed by atoms with Crippen LogP contribution in [-0.4, -0.2) is 12.5 Å². The third kappa shape index (κ3) is 4.95. The first-order valence-corrected chi connectivity index (χ1v) is 7.16. The average Bonchev–Trinajstić information content (AvgIpc) is 2.46. The van der Waals surface area contributed by atoms with E-state index < -0.39 is 0 Å². The fourth-order valence-electron chi connectivity index (χ4n) is 2.06. The lowest BCUT2D eigenvalue weighted by atomic mass is 10.1. The maximum atomic E-state index is 11.8. The Hall–Kier alpha value is -2.29. The van der Waals surface area contributed by atoms with Crippen molar-refractivity contribution in [3.8, 4) is 5.75 Å². The van der Waals surface area contributed by atoms with Crippen molar-refractivity contribution >= 4 is 5.91 Å². The van der Waals surface area contributed by atoms with Gasteiger partial charge in [0, 0.05) is 6.54 Å². The van der Waals surface area contributed by atoms with Crippen molar-refractivity contribution in [1.82, 2.24) is 5.32 Å². The summed E-state index contributed by atoms with van der Waals surface area (Å²) in [5.41, 5.74) is 3.48. The molecule has 0 atom stereocenters. The lowest BCUT2D eigenvalue weighted by Gasteiger charge is -2.09. The van der Waals surface area contributed by atoms with Crippen molar-refractivity contribution in [2.75, 3.05) is 6.61 Å². The molecule has 0 aromatic heterocycles. The van der Waals surface area contributed by atoms with Crippen molar-refractivity contribution in [2.24, 2.45) is 0 Å². The molecule has 3 heteroatoms. The molecule has 0 spiro atoms. The van der Waals surface area contributed by atoms with E-state index >= 15 is 0 Å². The molecule has 2 aromatic rings. The molecule has 3 nitrogen and oxygen atoms in total. The molecule has 110 valence electrons. The molecule has 1 amide bonds. The Morgan fingerprint density at radius 1 is 1.10 bits per heavy atom. The second kappa shape index (κ2) is 7.48. The Kier molecular flexibility index (Phi) is 5.38. The second-order valence-electron chi connectivity index (χ2n) is 5.12. The highest BCUT2D eigenvalue weighted by molar-refractivity contribution is 5.76. The van der Waals surface area contributed by atoms with Crippen LogP contribution in [0.5, 0.6) is 5.75 Å². The molecular formula is C18H21NO2. The Bertz CT molecular complexity index is 608. The van der Waals surface area contributed by atoms with Crippen LogP contribution in [0.25, 0.3) is 0 Å². The first-order valence-electron chi connectivity index (χ1n) is 7.16. The van der Waals surface area contributed by atoms with Crippen molar-refractivity contribution in [3.63, 3.8) is 0 Å². The van der Waals surface area contributed by atoms with Crippen LogP contribution in [-0.2, 0) is 11.3 Å². The van der Waals surface area contributed by atoms with Crippen LogP contribution in [0.3, 0.4) is 0 Å². The summed E-state index contributed by atoms with van der Waals surface area (Å²) in [6, 6.07) is 15.9. The maximum Gasteiger partial charge on any atom is 0.223 e. The summed E-state index contributed by atoms with van der Waals surface area (Å²) < 4.78 is 5.57. The number of rotatable bonds is 6. The molecule has 2 aromatic carbocycles. The van der Waals surface area contributed by atoms with Gasteiger partial charge in [-0.2, -0.15) is 0 Å². The Morgan fingerprint density at radius 3 is 2.67 bits per heavy atom. The number of hydrogen-bond donors (Lipinski definition) is 1. The molecule has 0 heterocycles. The third-order valence-electron chi connectivity index (χ3n) is 3.32. The van der Waals surface area contributed by atoms with Gasteiger partial charge in [0.2, 0.25) is 5.91 Å². The third-order valence-corrected chi connectivity index (χ3v) is 3.32. The number of nitrogens with one attached hydrogen (secondary N) is 1. The van der Waals surface area contributed by atoms with Gasteiger partial charge in [0.25, 0.3) is 0 Å². The first-order chi connectivity index (χ1) is 10.1. The molecule has 0 radical (unpaired) electrons. The first kappa shape index (κ1) is 15.1. The molecule has 21 heavy (non-hydrogen) atoms. The van der Waals surface area contributed by atoms with Crippen LogP contribution in [0.15, 0.2) is 48.5 Å². The molecule has 1 N–H and O–H groups in total. The predicted octanol–water partition coefficient (Wildman–Crippen LogP) is 3.39. The maximum absolute atomic E-state index is 11.8. The summed E-state index contributed by atoms with van der Waals surface area (Å²) in [4.78, 5) is 11.8. The number of benzene rings is 2. The van der Waals surface area contributed by atoms with Crippen LogP contribution in [0.1, 0.15) is 23.1 Å². The highest BCUT2D eigenvalue weighted by Crippen LogP contribution is 2.12. The van der Waals surface area contributed by atoms with Gasteiger partial charge in [-0.1, -0.05) is 36.4 Å². The van der Waals surface area contributed by atoms with Crippen LogP contribution in [0, 0.1) is 13.8 Å². The van der Waals surface area contributed by atoms with Gasteiger partial charge in [-0.15, -0.1) is 0 Å². The fourth-order valence-corrected chi connectivity index (χ4v) is 2.06. The molecule has 2 rings (SSSR count). The zero-order valence-electron chi connectivity index (χ0n) is 12.6. The van der Waals surface area contributed by atoms with Crippen molar-refractivity contribution < 1.29 is 9.53 Å². The van der Waals surface area contributed by atoms with E-state index in [-0.39, 0.29) is 5.91 Å². The Balaban J connectivity index is 1.72. The molecule has 0 aliphatic rings. The zero-order valence-corrected chi connectivity index (χ0v) is 12.6. The van der Waals surface area contributed by atoms with E-state index in [1.807, 2.05) is 62.4 Å². The van der Waals surface area contributed by atoms with E-state index in [9.17, 15) is 4.79 Å². The molecule has 0 aliphatic heterocycles. The van der Waals surface area contributed by atoms with Gasteiger partial charge in [-0.25, -0.2) is 0 Å². The summed E-state index contributed by atoms with van der Waals surface area (Å²) >= 11 is 0. The molecular weight excluding hydrogens is 262 g/mol. The summed E-state index contributed by atoms with van der Waals surface area (Å²) in [5.74, 6) is 0.813. The van der Waals surface area contributed by atoms with Gasteiger partial charge in [-0.3, -0.25) is 4.79 Å². The minimum absolute atomic E-state index is 0.00547. The highest BCUT2D eigenvalue weighted by Gasteiger charge is 2.03. The topological polar surface area (TPSA) is 38.3 Å². The summed E-state index contributed by atoms with van der Waals surface area (Å²) in [6.07, 6.45) is 0.361. The smallest absolute Gasteiger partial charge is 0.223 e. The summed E-state index contributed by atoms with van der Waals surface area (Å²) in [5, 5.41) is 2.92. The largest absolute Gasteiger partial charge is 0.493 e. The number of carbonyl (C=O) groups is 1. The Labute approximate surface area is 126 Å². The summed E-state index contributed by atoms with van der Waals surface area (Å²) in [7, 11) is 0. The van der Waals surface area contributed by atoms with Gasteiger partial charge >= 0.3 is 0 Å². The van der Waals surface area contributed by atoms with Crippen LogP contribution in [0.2, 0.25) is 0 Å². The highest BCUT2D eigenvalue weighted by atomic mass is 16.5. The van der Waals surface area contributed by atoms with Crippen molar-refractivity contribution in [3.05, 3.63) is 65.2 Å². The lowest BCUT2D eigenvalue weighted by Crippen LogP contribution is -2.24. The van der Waals surface area contributed by atoms with Gasteiger partial charge in [0.05, 0.1) is 13.0 Å². The van der Waals surface area contributed by atoms with E-state index in [1.54, 1.807) is 0 Å². The standard InChI is InChI=1S/C18H21NO2/c1-14-6-5-9-17(12-14)21-11-10-18(20)19-13-16-8-4-3-7-15(16)2/h3-9,12H,10-11,13H2,1-2H3,(H,19,20). The number of aryl methyl sites for hydroxylation is 2. The van der Waals surface area contributed by atoms with Crippen molar-refractivity contribution in [1.29, 1.82) is 0 Å². The van der Waals surface area contributed by atoms with E-state index in [1.165, 1.54) is 5.56 Å². The quantitative estimate of drug-likeness (QED) is 0.882. The fraction of sp³-hybridized carbons (Fsp3) is 0.278. The predicted molar refractivity (Wildman–Crippen MR) is 84.3 cm³/mol. The van der Waals surface area contributed by atoms with Crippen LogP contribution < -0.4 is 10.1 Å². The van der Waals surface area contributed by atoms with E-state index in [0.717, 1.165) is 16.9 Å². The molecule has 0 bridgehead atoms.